The number of hydrogen-bond acceptors (Lipinski definition) is 5. The van der Waals surface area contributed by atoms with Crippen molar-refractivity contribution in [2.75, 3.05) is 13.1 Å². The molecule has 0 radical (unpaired) electrons. The highest BCUT2D eigenvalue weighted by Crippen LogP contribution is 2.23. The van der Waals surface area contributed by atoms with Gasteiger partial charge in [0.1, 0.15) is 0 Å². The van der Waals surface area contributed by atoms with E-state index in [0.29, 0.717) is 18.4 Å². The van der Waals surface area contributed by atoms with Crippen LogP contribution >= 0.6 is 0 Å². The monoisotopic (exact) mass is 308 g/mol. The van der Waals surface area contributed by atoms with Crippen LogP contribution in [-0.4, -0.2) is 40.1 Å². The number of carbonyl (C=O) groups is 1. The molecule has 1 aromatic heterocycles. The summed E-state index contributed by atoms with van der Waals surface area (Å²) in [5, 5.41) is 7.15. The molecule has 1 amide bonds. The molecule has 1 aliphatic heterocycles. The predicted molar refractivity (Wildman–Crippen MR) is 84.4 cm³/mol. The summed E-state index contributed by atoms with van der Waals surface area (Å²) >= 11 is 0. The smallest absolute Gasteiger partial charge is 0.243 e. The maximum atomic E-state index is 11.7. The third-order valence-electron chi connectivity index (χ3n) is 4.23. The Labute approximate surface area is 132 Å². The van der Waals surface area contributed by atoms with E-state index in [0.717, 1.165) is 51.0 Å². The van der Waals surface area contributed by atoms with Crippen LogP contribution in [0.2, 0.25) is 0 Å². The van der Waals surface area contributed by atoms with E-state index in [-0.39, 0.29) is 11.9 Å². The second-order valence-corrected chi connectivity index (χ2v) is 6.10. The molecule has 0 aliphatic carbocycles. The van der Waals surface area contributed by atoms with Crippen molar-refractivity contribution in [1.29, 1.82) is 0 Å². The molecule has 1 aliphatic rings. The second kappa shape index (κ2) is 8.27. The topological polar surface area (TPSA) is 71.3 Å². The molecule has 124 valence electrons. The van der Waals surface area contributed by atoms with Gasteiger partial charge in [-0.25, -0.2) is 0 Å². The zero-order chi connectivity index (χ0) is 15.9. The van der Waals surface area contributed by atoms with E-state index < -0.39 is 0 Å². The number of amides is 1. The molecule has 1 N–H and O–H groups in total. The lowest BCUT2D eigenvalue weighted by Crippen LogP contribution is -2.45. The quantitative estimate of drug-likeness (QED) is 0.838. The van der Waals surface area contributed by atoms with Crippen LogP contribution in [0.4, 0.5) is 0 Å². The number of aryl methyl sites for hydroxylation is 1. The first-order valence-corrected chi connectivity index (χ1v) is 8.49. The second-order valence-electron chi connectivity index (χ2n) is 6.10. The number of likely N-dealkylation sites (tertiary alicyclic amines) is 1. The van der Waals surface area contributed by atoms with Gasteiger partial charge in [-0.05, 0) is 32.6 Å². The standard InChI is InChI=1S/C16H28N4O2/c1-4-6-14-18-16(22-19-14)12(3)20-10-8-13(9-11-20)17-15(21)7-5-2/h12-13H,4-11H2,1-3H3,(H,17,21). The van der Waals surface area contributed by atoms with Crippen LogP contribution in [0.1, 0.15) is 70.6 Å². The number of carbonyl (C=O) groups excluding carboxylic acids is 1. The van der Waals surface area contributed by atoms with Crippen molar-refractivity contribution in [2.24, 2.45) is 0 Å². The van der Waals surface area contributed by atoms with Gasteiger partial charge in [-0.1, -0.05) is 19.0 Å². The van der Waals surface area contributed by atoms with E-state index in [4.69, 9.17) is 4.52 Å². The maximum Gasteiger partial charge on any atom is 0.243 e. The Hall–Kier alpha value is -1.43. The van der Waals surface area contributed by atoms with E-state index in [9.17, 15) is 4.79 Å². The summed E-state index contributed by atoms with van der Waals surface area (Å²) in [5.41, 5.74) is 0. The molecule has 1 fully saturated rings. The molecule has 1 unspecified atom stereocenters. The summed E-state index contributed by atoms with van der Waals surface area (Å²) in [4.78, 5) is 18.5. The molecule has 0 saturated carbocycles. The van der Waals surface area contributed by atoms with Crippen molar-refractivity contribution in [3.8, 4) is 0 Å². The molecule has 0 spiro atoms. The van der Waals surface area contributed by atoms with Crippen LogP contribution in [0, 0.1) is 0 Å². The van der Waals surface area contributed by atoms with Gasteiger partial charge in [0.05, 0.1) is 6.04 Å². The molecule has 6 nitrogen and oxygen atoms in total. The Morgan fingerprint density at radius 1 is 1.36 bits per heavy atom. The molecular formula is C16H28N4O2. The normalized spacial score (nSPS) is 18.3. The van der Waals surface area contributed by atoms with Gasteiger partial charge < -0.3 is 9.84 Å². The number of rotatable bonds is 7. The van der Waals surface area contributed by atoms with Crippen molar-refractivity contribution >= 4 is 5.91 Å². The Morgan fingerprint density at radius 2 is 2.09 bits per heavy atom. The van der Waals surface area contributed by atoms with Gasteiger partial charge in [-0.3, -0.25) is 9.69 Å². The molecular weight excluding hydrogens is 280 g/mol. The molecule has 0 aromatic carbocycles. The first kappa shape index (κ1) is 16.9. The summed E-state index contributed by atoms with van der Waals surface area (Å²) in [5.74, 6) is 1.68. The summed E-state index contributed by atoms with van der Waals surface area (Å²) in [6, 6.07) is 0.450. The fourth-order valence-electron chi connectivity index (χ4n) is 2.88. The SMILES string of the molecule is CCCC(=O)NC1CCN(C(C)c2nc(CCC)no2)CC1. The largest absolute Gasteiger partial charge is 0.353 e. The minimum Gasteiger partial charge on any atom is -0.353 e. The lowest BCUT2D eigenvalue weighted by Gasteiger charge is -2.34. The van der Waals surface area contributed by atoms with E-state index >= 15 is 0 Å². The molecule has 2 heterocycles. The zero-order valence-corrected chi connectivity index (χ0v) is 14.0. The van der Waals surface area contributed by atoms with Gasteiger partial charge in [-0.15, -0.1) is 0 Å². The van der Waals surface area contributed by atoms with Crippen molar-refractivity contribution < 1.29 is 9.32 Å². The average molecular weight is 308 g/mol. The zero-order valence-electron chi connectivity index (χ0n) is 14.0. The summed E-state index contributed by atoms with van der Waals surface area (Å²) < 4.78 is 5.38. The Morgan fingerprint density at radius 3 is 2.73 bits per heavy atom. The van der Waals surface area contributed by atoms with Gasteiger partial charge in [0, 0.05) is 32.0 Å². The third-order valence-corrected chi connectivity index (χ3v) is 4.23. The minimum atomic E-state index is 0.144. The Bertz CT molecular complexity index is 466. The fourth-order valence-corrected chi connectivity index (χ4v) is 2.88. The highest BCUT2D eigenvalue weighted by molar-refractivity contribution is 5.76. The minimum absolute atomic E-state index is 0.144. The highest BCUT2D eigenvalue weighted by Gasteiger charge is 2.27. The molecule has 1 aromatic rings. The van der Waals surface area contributed by atoms with Crippen molar-refractivity contribution in [1.82, 2.24) is 20.4 Å². The number of piperidine rings is 1. The van der Waals surface area contributed by atoms with E-state index in [1.54, 1.807) is 0 Å². The van der Waals surface area contributed by atoms with Gasteiger partial charge in [-0.2, -0.15) is 4.98 Å². The maximum absolute atomic E-state index is 11.7. The molecule has 2 rings (SSSR count). The van der Waals surface area contributed by atoms with Crippen LogP contribution in [0.5, 0.6) is 0 Å². The number of nitrogens with one attached hydrogen (secondary N) is 1. The average Bonchev–Trinajstić information content (AvgIpc) is 2.96. The van der Waals surface area contributed by atoms with Crippen LogP contribution in [0.15, 0.2) is 4.52 Å². The first-order chi connectivity index (χ1) is 10.6. The van der Waals surface area contributed by atoms with Crippen molar-refractivity contribution in [3.05, 3.63) is 11.7 Å². The lowest BCUT2D eigenvalue weighted by molar-refractivity contribution is -0.122. The van der Waals surface area contributed by atoms with E-state index in [2.05, 4.69) is 34.2 Å². The molecule has 1 atom stereocenters. The van der Waals surface area contributed by atoms with Crippen molar-refractivity contribution in [3.63, 3.8) is 0 Å². The molecule has 1 saturated heterocycles. The predicted octanol–water partition coefficient (Wildman–Crippen LogP) is 2.46. The summed E-state index contributed by atoms with van der Waals surface area (Å²) in [6.45, 7) is 8.14. The van der Waals surface area contributed by atoms with Crippen LogP contribution < -0.4 is 5.32 Å². The molecule has 0 bridgehead atoms. The van der Waals surface area contributed by atoms with Crippen LogP contribution in [0.25, 0.3) is 0 Å². The van der Waals surface area contributed by atoms with Crippen molar-refractivity contribution in [2.45, 2.75) is 71.4 Å². The molecule has 6 heteroatoms. The van der Waals surface area contributed by atoms with Gasteiger partial charge >= 0.3 is 0 Å². The molecule has 22 heavy (non-hydrogen) atoms. The summed E-state index contributed by atoms with van der Waals surface area (Å²) in [6.07, 6.45) is 5.38. The van der Waals surface area contributed by atoms with Crippen LogP contribution in [-0.2, 0) is 11.2 Å². The van der Waals surface area contributed by atoms with E-state index in [1.807, 2.05) is 6.92 Å². The lowest BCUT2D eigenvalue weighted by atomic mass is 10.0. The Kier molecular flexibility index (Phi) is 6.36. The van der Waals surface area contributed by atoms with E-state index in [1.165, 1.54) is 0 Å². The van der Waals surface area contributed by atoms with Gasteiger partial charge in [0.15, 0.2) is 5.82 Å². The fraction of sp³-hybridized carbons (Fsp3) is 0.812. The summed E-state index contributed by atoms with van der Waals surface area (Å²) in [7, 11) is 0. The number of nitrogens with zero attached hydrogens (tertiary/aromatic N) is 3. The van der Waals surface area contributed by atoms with Crippen LogP contribution in [0.3, 0.4) is 0 Å². The number of hydrogen-bond donors (Lipinski definition) is 1. The highest BCUT2D eigenvalue weighted by atomic mass is 16.5. The third kappa shape index (κ3) is 4.53. The first-order valence-electron chi connectivity index (χ1n) is 8.49. The van der Waals surface area contributed by atoms with Gasteiger partial charge in [0.2, 0.25) is 11.8 Å². The Balaban J connectivity index is 1.81. The number of aromatic nitrogens is 2. The van der Waals surface area contributed by atoms with Gasteiger partial charge in [0.25, 0.3) is 0 Å².